The molecule has 0 bridgehead atoms. The number of benzene rings is 1. The molecule has 0 aliphatic carbocycles. The molecule has 0 fully saturated rings. The summed E-state index contributed by atoms with van der Waals surface area (Å²) in [5, 5.41) is 0. The van der Waals surface area contributed by atoms with Gasteiger partial charge < -0.3 is 10.5 Å². The Morgan fingerprint density at radius 2 is 2.10 bits per heavy atom. The third-order valence-corrected chi connectivity index (χ3v) is 1.31. The lowest BCUT2D eigenvalue weighted by Crippen LogP contribution is -1.95. The van der Waals surface area contributed by atoms with Gasteiger partial charge in [0.1, 0.15) is 5.75 Å². The lowest BCUT2D eigenvalue weighted by Gasteiger charge is -1.99. The lowest BCUT2D eigenvalue weighted by molar-refractivity contribution is 0.414. The van der Waals surface area contributed by atoms with Gasteiger partial charge in [-0.3, -0.25) is 0 Å². The van der Waals surface area contributed by atoms with Gasteiger partial charge in [-0.05, 0) is 17.7 Å². The van der Waals surface area contributed by atoms with Crippen molar-refractivity contribution in [2.45, 2.75) is 6.52 Å². The maximum absolute atomic E-state index is 7.18. The van der Waals surface area contributed by atoms with Crippen molar-refractivity contribution < 1.29 is 6.11 Å². The summed E-state index contributed by atoms with van der Waals surface area (Å²) < 4.78 is 12.1. The number of ether oxygens (including phenoxy) is 1. The molecule has 1 unspecified atom stereocenters. The monoisotopic (exact) mass is 138 g/mol. The van der Waals surface area contributed by atoms with Crippen LogP contribution in [0.5, 0.6) is 5.75 Å². The molecule has 10 heavy (non-hydrogen) atoms. The Bertz CT molecular complexity index is 220. The lowest BCUT2D eigenvalue weighted by atomic mass is 10.2. The second-order valence-corrected chi connectivity index (χ2v) is 1.94. The van der Waals surface area contributed by atoms with Gasteiger partial charge in [0, 0.05) is 7.89 Å². The van der Waals surface area contributed by atoms with Gasteiger partial charge in [-0.25, -0.2) is 0 Å². The van der Waals surface area contributed by atoms with Crippen LogP contribution in [0.3, 0.4) is 0 Å². The van der Waals surface area contributed by atoms with E-state index in [0.717, 1.165) is 11.3 Å². The first-order chi connectivity index (χ1) is 5.24. The summed E-state index contributed by atoms with van der Waals surface area (Å²) in [6.45, 7) is -0.652. The molecule has 2 nitrogen and oxygen atoms in total. The highest BCUT2D eigenvalue weighted by atomic mass is 16.5. The van der Waals surface area contributed by atoms with Crippen LogP contribution in [-0.2, 0) is 6.52 Å². The van der Waals surface area contributed by atoms with Crippen molar-refractivity contribution in [1.29, 1.82) is 0 Å². The third-order valence-electron chi connectivity index (χ3n) is 1.31. The number of hydrogen-bond acceptors (Lipinski definition) is 2. The van der Waals surface area contributed by atoms with Crippen LogP contribution in [0.2, 0.25) is 0 Å². The van der Waals surface area contributed by atoms with Gasteiger partial charge in [-0.15, -0.1) is 0 Å². The number of rotatable bonds is 2. The van der Waals surface area contributed by atoms with Crippen LogP contribution < -0.4 is 10.5 Å². The fourth-order valence-corrected chi connectivity index (χ4v) is 0.715. The van der Waals surface area contributed by atoms with E-state index < -0.39 is 6.52 Å². The molecule has 1 rings (SSSR count). The van der Waals surface area contributed by atoms with E-state index >= 15 is 0 Å². The van der Waals surface area contributed by atoms with E-state index in [1.165, 1.54) is 0 Å². The van der Waals surface area contributed by atoms with Crippen LogP contribution in [0.1, 0.15) is 6.93 Å². The van der Waals surface area contributed by atoms with Crippen LogP contribution in [0.25, 0.3) is 0 Å². The zero-order chi connectivity index (χ0) is 8.27. The summed E-state index contributed by atoms with van der Waals surface area (Å²) in [6.07, 6.45) is 0. The molecule has 0 radical (unpaired) electrons. The van der Waals surface area contributed by atoms with E-state index in [2.05, 4.69) is 0 Å². The molecule has 1 atom stereocenters. The topological polar surface area (TPSA) is 35.2 Å². The summed E-state index contributed by atoms with van der Waals surface area (Å²) in [5.41, 5.74) is 6.13. The Kier molecular flexibility index (Phi) is 1.85. The average molecular weight is 138 g/mol. The normalized spacial score (nSPS) is 14.0. The van der Waals surface area contributed by atoms with Gasteiger partial charge >= 0.3 is 0 Å². The zero-order valence-electron chi connectivity index (χ0n) is 6.87. The van der Waals surface area contributed by atoms with E-state index in [0.29, 0.717) is 0 Å². The van der Waals surface area contributed by atoms with Crippen LogP contribution in [0.4, 0.5) is 0 Å². The molecule has 0 saturated heterocycles. The molecule has 0 aliphatic heterocycles. The number of hydrogen-bond donors (Lipinski definition) is 1. The van der Waals surface area contributed by atoms with E-state index in [4.69, 9.17) is 11.8 Å². The van der Waals surface area contributed by atoms with Gasteiger partial charge in [-0.2, -0.15) is 0 Å². The molecule has 0 spiro atoms. The Balaban J connectivity index is 2.83. The Hall–Kier alpha value is -1.02. The first kappa shape index (κ1) is 5.74. The molecular weight excluding hydrogens is 126 g/mol. The van der Waals surface area contributed by atoms with Crippen molar-refractivity contribution in [2.24, 2.45) is 5.73 Å². The van der Waals surface area contributed by atoms with Gasteiger partial charge in [0.25, 0.3) is 0 Å². The molecule has 1 aromatic rings. The highest BCUT2D eigenvalue weighted by Gasteiger charge is 1.89. The summed E-state index contributed by atoms with van der Waals surface area (Å²) in [4.78, 5) is 0. The van der Waals surface area contributed by atoms with Crippen molar-refractivity contribution in [3.8, 4) is 5.75 Å². The number of nitrogens with two attached hydrogens (primary N) is 1. The van der Waals surface area contributed by atoms with E-state index in [-0.39, 0.29) is 0 Å². The Morgan fingerprint density at radius 1 is 1.50 bits per heavy atom. The molecule has 0 amide bonds. The second-order valence-electron chi connectivity index (χ2n) is 1.94. The molecule has 2 heteroatoms. The molecule has 54 valence electrons. The molecule has 0 heterocycles. The fraction of sp³-hybridized carbons (Fsp3) is 0.250. The molecule has 0 aliphatic rings. The second kappa shape index (κ2) is 3.22. The van der Waals surface area contributed by atoms with Gasteiger partial charge in [0.05, 0.1) is 7.11 Å². The predicted octanol–water partition coefficient (Wildman–Crippen LogP) is 1.15. The van der Waals surface area contributed by atoms with Gasteiger partial charge in [0.2, 0.25) is 0 Å². The highest BCUT2D eigenvalue weighted by Crippen LogP contribution is 2.09. The number of methoxy groups -OCH3 is 1. The standard InChI is InChI=1S/C8H11NO/c1-10-8-4-2-7(6-9)3-5-8/h2-5H,6,9H2,1H3/i6D. The van der Waals surface area contributed by atoms with Crippen LogP contribution >= 0.6 is 0 Å². The van der Waals surface area contributed by atoms with E-state index in [1.54, 1.807) is 31.4 Å². The van der Waals surface area contributed by atoms with Crippen molar-refractivity contribution in [3.05, 3.63) is 29.8 Å². The summed E-state index contributed by atoms with van der Waals surface area (Å²) in [7, 11) is 1.61. The maximum atomic E-state index is 7.18. The Labute approximate surface area is 62.0 Å². The smallest absolute Gasteiger partial charge is 0.118 e. The first-order valence-corrected chi connectivity index (χ1v) is 3.06. The molecule has 2 N–H and O–H groups in total. The third kappa shape index (κ3) is 1.48. The summed E-state index contributed by atoms with van der Waals surface area (Å²) in [5.74, 6) is 0.786. The first-order valence-electron chi connectivity index (χ1n) is 3.63. The summed E-state index contributed by atoms with van der Waals surface area (Å²) >= 11 is 0. The minimum absolute atomic E-state index is 0.652. The van der Waals surface area contributed by atoms with Crippen molar-refractivity contribution in [1.82, 2.24) is 0 Å². The van der Waals surface area contributed by atoms with E-state index in [9.17, 15) is 0 Å². The maximum Gasteiger partial charge on any atom is 0.118 e. The quantitative estimate of drug-likeness (QED) is 0.665. The minimum atomic E-state index is -0.652. The van der Waals surface area contributed by atoms with Crippen molar-refractivity contribution in [3.63, 3.8) is 0 Å². The minimum Gasteiger partial charge on any atom is -0.497 e. The zero-order valence-corrected chi connectivity index (χ0v) is 5.87. The predicted molar refractivity (Wildman–Crippen MR) is 40.9 cm³/mol. The Morgan fingerprint density at radius 3 is 2.50 bits per heavy atom. The molecule has 1 aromatic carbocycles. The molecular formula is C8H11NO. The largest absolute Gasteiger partial charge is 0.497 e. The van der Waals surface area contributed by atoms with E-state index in [1.807, 2.05) is 0 Å². The fourth-order valence-electron chi connectivity index (χ4n) is 0.715. The van der Waals surface area contributed by atoms with Gasteiger partial charge in [0.15, 0.2) is 0 Å². The van der Waals surface area contributed by atoms with Crippen LogP contribution in [-0.4, -0.2) is 7.11 Å². The highest BCUT2D eigenvalue weighted by molar-refractivity contribution is 5.26. The average Bonchev–Trinajstić information content (AvgIpc) is 2.05. The molecule has 0 aromatic heterocycles. The van der Waals surface area contributed by atoms with Crippen LogP contribution in [0, 0.1) is 0 Å². The van der Waals surface area contributed by atoms with Gasteiger partial charge in [-0.1, -0.05) is 12.1 Å². The van der Waals surface area contributed by atoms with Crippen LogP contribution in [0.15, 0.2) is 24.3 Å². The van der Waals surface area contributed by atoms with Crippen molar-refractivity contribution >= 4 is 0 Å². The molecule has 0 saturated carbocycles. The SMILES string of the molecule is [2H]C(N)c1ccc(OC)cc1. The summed E-state index contributed by atoms with van der Waals surface area (Å²) in [6, 6.07) is 7.17. The van der Waals surface area contributed by atoms with Crippen molar-refractivity contribution in [2.75, 3.05) is 7.11 Å².